The predicted molar refractivity (Wildman–Crippen MR) is 88.3 cm³/mol. The molecule has 1 N–H and O–H groups in total. The number of benzene rings is 1. The molecule has 1 atom stereocenters. The summed E-state index contributed by atoms with van der Waals surface area (Å²) in [6.45, 7) is 8.34. The highest BCUT2D eigenvalue weighted by Gasteiger charge is 2.15. The van der Waals surface area contributed by atoms with Gasteiger partial charge in [0.25, 0.3) is 0 Å². The summed E-state index contributed by atoms with van der Waals surface area (Å²) in [5.74, 6) is -0.300. The van der Waals surface area contributed by atoms with Crippen LogP contribution in [0.15, 0.2) is 24.3 Å². The van der Waals surface area contributed by atoms with Gasteiger partial charge in [-0.2, -0.15) is 0 Å². The van der Waals surface area contributed by atoms with Crippen molar-refractivity contribution in [3.05, 3.63) is 50.7 Å². The van der Waals surface area contributed by atoms with Crippen LogP contribution >= 0.6 is 11.3 Å². The van der Waals surface area contributed by atoms with Crippen LogP contribution in [0, 0.1) is 20.8 Å². The van der Waals surface area contributed by atoms with E-state index in [9.17, 15) is 4.79 Å². The Balaban J connectivity index is 2.27. The number of esters is 1. The number of aryl methyl sites for hydroxylation is 2. The second-order valence-corrected chi connectivity index (χ2v) is 6.66. The number of carbonyl (C=O) groups excluding carboxylic acids is 1. The van der Waals surface area contributed by atoms with Gasteiger partial charge in [-0.3, -0.25) is 0 Å². The lowest BCUT2D eigenvalue weighted by Gasteiger charge is -2.18. The van der Waals surface area contributed by atoms with E-state index in [1.165, 1.54) is 22.4 Å². The van der Waals surface area contributed by atoms with E-state index < -0.39 is 0 Å². The van der Waals surface area contributed by atoms with Gasteiger partial charge in [0, 0.05) is 21.5 Å². The molecule has 2 aromatic rings. The minimum absolute atomic E-state index is 0.196. The van der Waals surface area contributed by atoms with Crippen LogP contribution in [-0.2, 0) is 4.74 Å². The number of hydrogen-bond donors (Lipinski definition) is 1. The number of methoxy groups -OCH3 is 1. The van der Waals surface area contributed by atoms with Crippen LogP contribution in [0.25, 0.3) is 0 Å². The third kappa shape index (κ3) is 3.27. The van der Waals surface area contributed by atoms with Gasteiger partial charge < -0.3 is 10.1 Å². The van der Waals surface area contributed by atoms with Crippen molar-refractivity contribution >= 4 is 23.0 Å². The van der Waals surface area contributed by atoms with E-state index in [-0.39, 0.29) is 12.0 Å². The zero-order valence-electron chi connectivity index (χ0n) is 13.1. The van der Waals surface area contributed by atoms with Crippen molar-refractivity contribution < 1.29 is 9.53 Å². The predicted octanol–water partition coefficient (Wildman–Crippen LogP) is 4.63. The Morgan fingerprint density at radius 2 is 2.00 bits per heavy atom. The highest BCUT2D eigenvalue weighted by Crippen LogP contribution is 2.30. The van der Waals surface area contributed by atoms with Crippen LogP contribution in [0.5, 0.6) is 0 Å². The molecule has 0 spiro atoms. The Bertz CT molecular complexity index is 661. The lowest BCUT2D eigenvalue weighted by molar-refractivity contribution is 0.0600. The maximum atomic E-state index is 11.8. The Labute approximate surface area is 130 Å². The second-order valence-electron chi connectivity index (χ2n) is 5.20. The highest BCUT2D eigenvalue weighted by atomic mass is 32.1. The molecule has 0 fully saturated rings. The summed E-state index contributed by atoms with van der Waals surface area (Å²) in [5, 5.41) is 3.50. The van der Waals surface area contributed by atoms with Gasteiger partial charge in [-0.1, -0.05) is 6.07 Å². The third-order valence-electron chi connectivity index (χ3n) is 3.66. The molecule has 1 unspecified atom stereocenters. The van der Waals surface area contributed by atoms with E-state index >= 15 is 0 Å². The van der Waals surface area contributed by atoms with Gasteiger partial charge in [0.05, 0.1) is 12.7 Å². The molecule has 1 aromatic heterocycles. The van der Waals surface area contributed by atoms with E-state index in [1.54, 1.807) is 6.07 Å². The summed E-state index contributed by atoms with van der Waals surface area (Å²) in [5.41, 5.74) is 3.79. The summed E-state index contributed by atoms with van der Waals surface area (Å²) >= 11 is 1.81. The quantitative estimate of drug-likeness (QED) is 0.837. The molecule has 1 aromatic carbocycles. The fraction of sp³-hybridized carbons (Fsp3) is 0.353. The molecular formula is C17H21NO2S. The molecule has 0 saturated heterocycles. The molecule has 0 aliphatic rings. The lowest BCUT2D eigenvalue weighted by atomic mass is 10.0. The van der Waals surface area contributed by atoms with Gasteiger partial charge >= 0.3 is 5.97 Å². The van der Waals surface area contributed by atoms with Gasteiger partial charge in [-0.25, -0.2) is 4.79 Å². The second kappa shape index (κ2) is 6.31. The first kappa shape index (κ1) is 15.6. The van der Waals surface area contributed by atoms with Crippen molar-refractivity contribution in [1.29, 1.82) is 0 Å². The van der Waals surface area contributed by atoms with E-state index in [0.717, 1.165) is 11.3 Å². The first-order chi connectivity index (χ1) is 9.93. The van der Waals surface area contributed by atoms with E-state index in [4.69, 9.17) is 4.74 Å². The number of ether oxygens (including phenoxy) is 1. The number of carbonyl (C=O) groups is 1. The van der Waals surface area contributed by atoms with Crippen LogP contribution in [0.1, 0.15) is 44.2 Å². The van der Waals surface area contributed by atoms with Crippen molar-refractivity contribution in [2.24, 2.45) is 0 Å². The molecule has 0 bridgehead atoms. The summed E-state index contributed by atoms with van der Waals surface area (Å²) in [6, 6.07) is 8.07. The average Bonchev–Trinajstić information content (AvgIpc) is 2.79. The lowest BCUT2D eigenvalue weighted by Crippen LogP contribution is -2.10. The van der Waals surface area contributed by atoms with Gasteiger partial charge in [0.1, 0.15) is 0 Å². The van der Waals surface area contributed by atoms with Crippen LogP contribution in [0.4, 0.5) is 5.69 Å². The minimum atomic E-state index is -0.300. The molecule has 4 heteroatoms. The summed E-state index contributed by atoms with van der Waals surface area (Å²) < 4.78 is 4.82. The van der Waals surface area contributed by atoms with Crippen molar-refractivity contribution in [3.8, 4) is 0 Å². The number of rotatable bonds is 4. The van der Waals surface area contributed by atoms with Gasteiger partial charge in [0.2, 0.25) is 0 Å². The molecule has 0 amide bonds. The SMILES string of the molecule is COC(=O)c1cccc(NC(C)c2cc(C)sc2C)c1C. The zero-order chi connectivity index (χ0) is 15.6. The fourth-order valence-corrected chi connectivity index (χ4v) is 3.54. The Morgan fingerprint density at radius 3 is 2.57 bits per heavy atom. The highest BCUT2D eigenvalue weighted by molar-refractivity contribution is 7.12. The van der Waals surface area contributed by atoms with Gasteiger partial charge in [-0.15, -0.1) is 11.3 Å². The average molecular weight is 303 g/mol. The smallest absolute Gasteiger partial charge is 0.338 e. The van der Waals surface area contributed by atoms with Crippen molar-refractivity contribution in [3.63, 3.8) is 0 Å². The largest absolute Gasteiger partial charge is 0.465 e. The zero-order valence-corrected chi connectivity index (χ0v) is 13.9. The van der Waals surface area contributed by atoms with E-state index in [2.05, 4.69) is 32.2 Å². The number of nitrogens with one attached hydrogen (secondary N) is 1. The molecule has 0 radical (unpaired) electrons. The molecule has 0 aliphatic carbocycles. The third-order valence-corrected chi connectivity index (χ3v) is 4.64. The number of hydrogen-bond acceptors (Lipinski definition) is 4. The van der Waals surface area contributed by atoms with Crippen LogP contribution in [0.2, 0.25) is 0 Å². The Kier molecular flexibility index (Phi) is 4.68. The first-order valence-electron chi connectivity index (χ1n) is 6.95. The fourth-order valence-electron chi connectivity index (χ4n) is 2.51. The first-order valence-corrected chi connectivity index (χ1v) is 7.77. The summed E-state index contributed by atoms with van der Waals surface area (Å²) in [6.07, 6.45) is 0. The molecular weight excluding hydrogens is 282 g/mol. The maximum Gasteiger partial charge on any atom is 0.338 e. The Morgan fingerprint density at radius 1 is 1.29 bits per heavy atom. The van der Waals surface area contributed by atoms with E-state index in [0.29, 0.717) is 5.56 Å². The number of thiophene rings is 1. The van der Waals surface area contributed by atoms with Crippen LogP contribution in [-0.4, -0.2) is 13.1 Å². The molecule has 3 nitrogen and oxygen atoms in total. The molecule has 21 heavy (non-hydrogen) atoms. The topological polar surface area (TPSA) is 38.3 Å². The minimum Gasteiger partial charge on any atom is -0.465 e. The van der Waals surface area contributed by atoms with Crippen molar-refractivity contribution in [2.75, 3.05) is 12.4 Å². The molecule has 112 valence electrons. The number of anilines is 1. The molecule has 2 rings (SSSR count). The molecule has 0 saturated carbocycles. The van der Waals surface area contributed by atoms with Crippen molar-refractivity contribution in [2.45, 2.75) is 33.7 Å². The molecule has 1 heterocycles. The summed E-state index contributed by atoms with van der Waals surface area (Å²) in [4.78, 5) is 14.4. The van der Waals surface area contributed by atoms with Crippen molar-refractivity contribution in [1.82, 2.24) is 0 Å². The normalized spacial score (nSPS) is 12.0. The van der Waals surface area contributed by atoms with E-state index in [1.807, 2.05) is 30.4 Å². The summed E-state index contributed by atoms with van der Waals surface area (Å²) in [7, 11) is 1.40. The van der Waals surface area contributed by atoms with Gasteiger partial charge in [-0.05, 0) is 57.0 Å². The van der Waals surface area contributed by atoms with Crippen LogP contribution < -0.4 is 5.32 Å². The molecule has 0 aliphatic heterocycles. The van der Waals surface area contributed by atoms with Crippen LogP contribution in [0.3, 0.4) is 0 Å². The maximum absolute atomic E-state index is 11.8. The monoisotopic (exact) mass is 303 g/mol. The standard InChI is InChI=1S/C17H21NO2S/c1-10-9-15(13(4)21-10)12(3)18-16-8-6-7-14(11(16)2)17(19)20-5/h6-9,12,18H,1-5H3. The Hall–Kier alpha value is -1.81. The van der Waals surface area contributed by atoms with Gasteiger partial charge in [0.15, 0.2) is 0 Å².